The molecule has 2 rings (SSSR count). The average molecular weight is 279 g/mol. The third kappa shape index (κ3) is 3.82. The van der Waals surface area contributed by atoms with E-state index in [2.05, 4.69) is 24.1 Å². The summed E-state index contributed by atoms with van der Waals surface area (Å²) < 4.78 is 5.71. The van der Waals surface area contributed by atoms with Gasteiger partial charge in [0.2, 0.25) is 5.89 Å². The van der Waals surface area contributed by atoms with Crippen molar-refractivity contribution in [3.05, 3.63) is 40.9 Å². The Labute approximate surface area is 119 Å². The number of hydrogen-bond donors (Lipinski definition) is 1. The monoisotopic (exact) mass is 278 g/mol. The van der Waals surface area contributed by atoms with Crippen LogP contribution in [0, 0.1) is 12.8 Å². The first-order valence-electron chi connectivity index (χ1n) is 6.48. The molecule has 0 fully saturated rings. The van der Waals surface area contributed by atoms with Gasteiger partial charge >= 0.3 is 0 Å². The molecule has 0 aliphatic rings. The normalized spacial score (nSPS) is 11.2. The van der Waals surface area contributed by atoms with Crippen molar-refractivity contribution in [2.24, 2.45) is 5.92 Å². The van der Waals surface area contributed by atoms with Gasteiger partial charge in [-0.25, -0.2) is 4.98 Å². The van der Waals surface area contributed by atoms with Gasteiger partial charge in [0.25, 0.3) is 0 Å². The molecule has 3 nitrogen and oxygen atoms in total. The summed E-state index contributed by atoms with van der Waals surface area (Å²) in [4.78, 5) is 4.27. The van der Waals surface area contributed by atoms with Crippen molar-refractivity contribution >= 4 is 11.6 Å². The highest BCUT2D eigenvalue weighted by molar-refractivity contribution is 6.31. The van der Waals surface area contributed by atoms with Crippen molar-refractivity contribution < 1.29 is 4.42 Å². The zero-order valence-corrected chi connectivity index (χ0v) is 12.3. The van der Waals surface area contributed by atoms with E-state index in [1.54, 1.807) is 6.20 Å². The first-order valence-corrected chi connectivity index (χ1v) is 6.86. The number of halogens is 1. The highest BCUT2D eigenvalue weighted by atomic mass is 35.5. The van der Waals surface area contributed by atoms with Crippen LogP contribution in [0.5, 0.6) is 0 Å². The Hall–Kier alpha value is -1.32. The van der Waals surface area contributed by atoms with E-state index in [9.17, 15) is 0 Å². The van der Waals surface area contributed by atoms with Crippen molar-refractivity contribution in [2.75, 3.05) is 6.54 Å². The summed E-state index contributed by atoms with van der Waals surface area (Å²) in [6.07, 6.45) is 1.74. The molecule has 0 saturated heterocycles. The number of benzene rings is 1. The number of hydrogen-bond acceptors (Lipinski definition) is 3. The third-order valence-electron chi connectivity index (χ3n) is 2.84. The summed E-state index contributed by atoms with van der Waals surface area (Å²) in [6, 6.07) is 5.88. The predicted molar refractivity (Wildman–Crippen MR) is 78.2 cm³/mol. The van der Waals surface area contributed by atoms with Gasteiger partial charge in [-0.1, -0.05) is 37.6 Å². The van der Waals surface area contributed by atoms with Crippen LogP contribution in [0.3, 0.4) is 0 Å². The highest BCUT2D eigenvalue weighted by Crippen LogP contribution is 2.25. The van der Waals surface area contributed by atoms with Crippen LogP contribution in [0.2, 0.25) is 5.02 Å². The van der Waals surface area contributed by atoms with Crippen molar-refractivity contribution in [3.63, 3.8) is 0 Å². The molecule has 1 aromatic carbocycles. The van der Waals surface area contributed by atoms with Crippen molar-refractivity contribution in [1.29, 1.82) is 0 Å². The van der Waals surface area contributed by atoms with Crippen LogP contribution in [-0.2, 0) is 6.54 Å². The lowest BCUT2D eigenvalue weighted by molar-refractivity contribution is 0.459. The van der Waals surface area contributed by atoms with Crippen LogP contribution in [-0.4, -0.2) is 11.5 Å². The topological polar surface area (TPSA) is 38.1 Å². The maximum atomic E-state index is 6.11. The summed E-state index contributed by atoms with van der Waals surface area (Å²) in [5.74, 6) is 2.07. The van der Waals surface area contributed by atoms with Gasteiger partial charge in [0.05, 0.1) is 12.7 Å². The van der Waals surface area contributed by atoms with Gasteiger partial charge in [0, 0.05) is 10.6 Å². The fraction of sp³-hybridized carbons (Fsp3) is 0.400. The van der Waals surface area contributed by atoms with Gasteiger partial charge in [-0.2, -0.15) is 0 Å². The van der Waals surface area contributed by atoms with Gasteiger partial charge < -0.3 is 9.73 Å². The lowest BCUT2D eigenvalue weighted by Crippen LogP contribution is -2.18. The minimum atomic E-state index is 0.616. The SMILES string of the molecule is Cc1ccc(-c2cnc(CNCC(C)C)o2)cc1Cl. The van der Waals surface area contributed by atoms with Crippen LogP contribution in [0.4, 0.5) is 0 Å². The van der Waals surface area contributed by atoms with Crippen LogP contribution in [0.15, 0.2) is 28.8 Å². The zero-order valence-electron chi connectivity index (χ0n) is 11.5. The summed E-state index contributed by atoms with van der Waals surface area (Å²) in [6.45, 7) is 7.92. The van der Waals surface area contributed by atoms with Gasteiger partial charge in [0.1, 0.15) is 0 Å². The zero-order chi connectivity index (χ0) is 13.8. The van der Waals surface area contributed by atoms with E-state index in [1.165, 1.54) is 0 Å². The minimum absolute atomic E-state index is 0.616. The number of aromatic nitrogens is 1. The molecule has 2 aromatic rings. The molecule has 102 valence electrons. The standard InChI is InChI=1S/C15H19ClN2O/c1-10(2)7-17-9-15-18-8-14(19-15)12-5-4-11(3)13(16)6-12/h4-6,8,10,17H,7,9H2,1-3H3. The lowest BCUT2D eigenvalue weighted by Gasteiger charge is -2.04. The molecule has 1 N–H and O–H groups in total. The number of nitrogens with zero attached hydrogens (tertiary/aromatic N) is 1. The maximum absolute atomic E-state index is 6.11. The Morgan fingerprint density at radius 3 is 2.84 bits per heavy atom. The molecule has 1 heterocycles. The molecular formula is C15H19ClN2O. The summed E-state index contributed by atoms with van der Waals surface area (Å²) in [5, 5.41) is 4.05. The Balaban J connectivity index is 2.05. The number of aryl methyl sites for hydroxylation is 1. The molecule has 0 radical (unpaired) electrons. The van der Waals surface area contributed by atoms with Crippen LogP contribution >= 0.6 is 11.6 Å². The first kappa shape index (κ1) is 14.1. The molecule has 4 heteroatoms. The minimum Gasteiger partial charge on any atom is -0.439 e. The van der Waals surface area contributed by atoms with E-state index in [-0.39, 0.29) is 0 Å². The van der Waals surface area contributed by atoms with Crippen molar-refractivity contribution in [1.82, 2.24) is 10.3 Å². The molecule has 0 aliphatic heterocycles. The molecule has 0 spiro atoms. The molecule has 0 bridgehead atoms. The molecule has 0 amide bonds. The van der Waals surface area contributed by atoms with E-state index < -0.39 is 0 Å². The van der Waals surface area contributed by atoms with E-state index in [0.717, 1.165) is 28.5 Å². The summed E-state index contributed by atoms with van der Waals surface area (Å²) in [5.41, 5.74) is 2.02. The maximum Gasteiger partial charge on any atom is 0.208 e. The Bertz CT molecular complexity index is 549. The van der Waals surface area contributed by atoms with Crippen LogP contribution in [0.1, 0.15) is 25.3 Å². The molecular weight excluding hydrogens is 260 g/mol. The van der Waals surface area contributed by atoms with E-state index >= 15 is 0 Å². The quantitative estimate of drug-likeness (QED) is 0.897. The average Bonchev–Trinajstić information content (AvgIpc) is 2.81. The highest BCUT2D eigenvalue weighted by Gasteiger charge is 2.07. The van der Waals surface area contributed by atoms with Crippen molar-refractivity contribution in [2.45, 2.75) is 27.3 Å². The molecule has 1 aromatic heterocycles. The van der Waals surface area contributed by atoms with Crippen LogP contribution in [0.25, 0.3) is 11.3 Å². The van der Waals surface area contributed by atoms with E-state index in [0.29, 0.717) is 18.4 Å². The fourth-order valence-electron chi connectivity index (χ4n) is 1.74. The second kappa shape index (κ2) is 6.22. The number of rotatable bonds is 5. The summed E-state index contributed by atoms with van der Waals surface area (Å²) >= 11 is 6.11. The van der Waals surface area contributed by atoms with Gasteiger partial charge in [-0.3, -0.25) is 0 Å². The van der Waals surface area contributed by atoms with Gasteiger partial charge in [0.15, 0.2) is 5.76 Å². The first-order chi connectivity index (χ1) is 9.06. The van der Waals surface area contributed by atoms with E-state index in [1.807, 2.05) is 25.1 Å². The molecule has 19 heavy (non-hydrogen) atoms. The summed E-state index contributed by atoms with van der Waals surface area (Å²) in [7, 11) is 0. The Kier molecular flexibility index (Phi) is 4.61. The second-order valence-electron chi connectivity index (χ2n) is 5.11. The third-order valence-corrected chi connectivity index (χ3v) is 3.25. The smallest absolute Gasteiger partial charge is 0.208 e. The van der Waals surface area contributed by atoms with Gasteiger partial charge in [-0.05, 0) is 31.0 Å². The van der Waals surface area contributed by atoms with Crippen LogP contribution < -0.4 is 5.32 Å². The number of oxazole rings is 1. The van der Waals surface area contributed by atoms with Crippen molar-refractivity contribution in [3.8, 4) is 11.3 Å². The Morgan fingerprint density at radius 2 is 2.16 bits per heavy atom. The molecule has 0 atom stereocenters. The van der Waals surface area contributed by atoms with E-state index in [4.69, 9.17) is 16.0 Å². The Morgan fingerprint density at radius 1 is 1.37 bits per heavy atom. The molecule has 0 saturated carbocycles. The number of nitrogens with one attached hydrogen (secondary N) is 1. The predicted octanol–water partition coefficient (Wildman–Crippen LogP) is 4.05. The van der Waals surface area contributed by atoms with Gasteiger partial charge in [-0.15, -0.1) is 0 Å². The largest absolute Gasteiger partial charge is 0.439 e. The lowest BCUT2D eigenvalue weighted by atomic mass is 10.1. The molecule has 0 aliphatic carbocycles. The second-order valence-corrected chi connectivity index (χ2v) is 5.51. The molecule has 0 unspecified atom stereocenters. The fourth-order valence-corrected chi connectivity index (χ4v) is 1.92.